The van der Waals surface area contributed by atoms with E-state index in [1.807, 2.05) is 53.9 Å². The maximum Gasteiger partial charge on any atom is 0.323 e. The third-order valence-electron chi connectivity index (χ3n) is 4.48. The third kappa shape index (κ3) is 6.74. The number of aromatic nitrogens is 1. The van der Waals surface area contributed by atoms with Crippen LogP contribution in [-0.2, 0) is 4.79 Å². The van der Waals surface area contributed by atoms with Gasteiger partial charge in [-0.25, -0.2) is 9.78 Å². The lowest BCUT2D eigenvalue weighted by Gasteiger charge is -2.08. The molecule has 0 radical (unpaired) electrons. The Bertz CT molecular complexity index is 1300. The van der Waals surface area contributed by atoms with Gasteiger partial charge in [-0.3, -0.25) is 4.79 Å². The molecular formula is C24H18Cl2N4O2S2. The van der Waals surface area contributed by atoms with E-state index >= 15 is 0 Å². The minimum absolute atomic E-state index is 0.163. The van der Waals surface area contributed by atoms with Crippen molar-refractivity contribution in [2.24, 2.45) is 0 Å². The molecule has 0 spiro atoms. The van der Waals surface area contributed by atoms with Crippen LogP contribution >= 0.6 is 46.3 Å². The van der Waals surface area contributed by atoms with Crippen molar-refractivity contribution in [3.05, 3.63) is 88.2 Å². The van der Waals surface area contributed by atoms with Crippen molar-refractivity contribution in [2.75, 3.05) is 21.7 Å². The number of thiazole rings is 1. The summed E-state index contributed by atoms with van der Waals surface area (Å²) >= 11 is 14.8. The van der Waals surface area contributed by atoms with E-state index in [0.29, 0.717) is 32.2 Å². The number of hydrogen-bond acceptors (Lipinski definition) is 5. The van der Waals surface area contributed by atoms with Crippen LogP contribution in [0, 0.1) is 0 Å². The molecule has 0 aliphatic rings. The fourth-order valence-corrected chi connectivity index (χ4v) is 4.61. The van der Waals surface area contributed by atoms with Gasteiger partial charge in [0.25, 0.3) is 0 Å². The molecule has 0 atom stereocenters. The Hall–Kier alpha value is -3.04. The zero-order valence-electron chi connectivity index (χ0n) is 17.5. The zero-order chi connectivity index (χ0) is 23.9. The molecule has 4 rings (SSSR count). The van der Waals surface area contributed by atoms with Gasteiger partial charge in [0.1, 0.15) is 0 Å². The average molecular weight is 529 g/mol. The molecule has 10 heteroatoms. The largest absolute Gasteiger partial charge is 0.323 e. The molecule has 1 aromatic heterocycles. The van der Waals surface area contributed by atoms with Gasteiger partial charge in [-0.2, -0.15) is 0 Å². The SMILES string of the molecule is O=C(CSc1ccc(NC(=O)Nc2ccccc2)cc1)Nc1nc(-c2ccc(Cl)c(Cl)c2)cs1. The predicted molar refractivity (Wildman–Crippen MR) is 142 cm³/mol. The van der Waals surface area contributed by atoms with Gasteiger partial charge in [0, 0.05) is 27.2 Å². The Balaban J connectivity index is 1.25. The van der Waals surface area contributed by atoms with Crippen molar-refractivity contribution in [2.45, 2.75) is 4.90 Å². The molecule has 3 amide bonds. The summed E-state index contributed by atoms with van der Waals surface area (Å²) < 4.78 is 0. The molecule has 0 saturated heterocycles. The van der Waals surface area contributed by atoms with Crippen LogP contribution in [-0.4, -0.2) is 22.7 Å². The summed E-state index contributed by atoms with van der Waals surface area (Å²) in [6, 6.07) is 21.4. The first kappa shape index (κ1) is 24.1. The molecule has 1 heterocycles. The van der Waals surface area contributed by atoms with Crippen molar-refractivity contribution in [3.8, 4) is 11.3 Å². The van der Waals surface area contributed by atoms with Crippen LogP contribution in [0.3, 0.4) is 0 Å². The quantitative estimate of drug-likeness (QED) is 0.217. The van der Waals surface area contributed by atoms with Gasteiger partial charge in [0.05, 0.1) is 21.5 Å². The van der Waals surface area contributed by atoms with Crippen molar-refractivity contribution in [1.29, 1.82) is 0 Å². The number of para-hydroxylation sites is 1. The van der Waals surface area contributed by atoms with E-state index in [0.717, 1.165) is 10.5 Å². The summed E-state index contributed by atoms with van der Waals surface area (Å²) in [7, 11) is 0. The fourth-order valence-electron chi connectivity index (χ4n) is 2.87. The van der Waals surface area contributed by atoms with Crippen molar-refractivity contribution in [3.63, 3.8) is 0 Å². The molecule has 0 unspecified atom stereocenters. The summed E-state index contributed by atoms with van der Waals surface area (Å²) in [5, 5.41) is 11.6. The standard InChI is InChI=1S/C24H18Cl2N4O2S2/c25-19-11-6-15(12-20(19)26)21-13-34-24(29-21)30-22(31)14-33-18-9-7-17(8-10-18)28-23(32)27-16-4-2-1-3-5-16/h1-13H,14H2,(H2,27,28,32)(H,29,30,31). The van der Waals surface area contributed by atoms with Gasteiger partial charge in [-0.05, 0) is 48.5 Å². The number of carbonyl (C=O) groups is 2. The van der Waals surface area contributed by atoms with Gasteiger partial charge in [0.2, 0.25) is 5.91 Å². The van der Waals surface area contributed by atoms with Gasteiger partial charge < -0.3 is 16.0 Å². The molecule has 3 aromatic carbocycles. The topological polar surface area (TPSA) is 83.1 Å². The average Bonchev–Trinajstić information content (AvgIpc) is 3.29. The number of hydrogen-bond donors (Lipinski definition) is 3. The van der Waals surface area contributed by atoms with E-state index < -0.39 is 0 Å². The monoisotopic (exact) mass is 528 g/mol. The van der Waals surface area contributed by atoms with E-state index in [-0.39, 0.29) is 17.7 Å². The number of halogens is 2. The van der Waals surface area contributed by atoms with E-state index in [2.05, 4.69) is 20.9 Å². The molecule has 0 aliphatic heterocycles. The number of benzene rings is 3. The van der Waals surface area contributed by atoms with Crippen LogP contribution in [0.2, 0.25) is 10.0 Å². The Labute approximate surface area is 214 Å². The molecule has 34 heavy (non-hydrogen) atoms. The third-order valence-corrected chi connectivity index (χ3v) is 6.99. The highest BCUT2D eigenvalue weighted by molar-refractivity contribution is 8.00. The Kier molecular flexibility index (Phi) is 8.08. The van der Waals surface area contributed by atoms with Crippen molar-refractivity contribution >= 4 is 74.7 Å². The summed E-state index contributed by atoms with van der Waals surface area (Å²) in [5.41, 5.74) is 2.90. The number of anilines is 3. The number of amides is 3. The van der Waals surface area contributed by atoms with Crippen LogP contribution in [0.4, 0.5) is 21.3 Å². The lowest BCUT2D eigenvalue weighted by Crippen LogP contribution is -2.19. The van der Waals surface area contributed by atoms with Crippen LogP contribution in [0.25, 0.3) is 11.3 Å². The molecule has 0 bridgehead atoms. The van der Waals surface area contributed by atoms with Gasteiger partial charge in [-0.15, -0.1) is 23.1 Å². The number of urea groups is 1. The minimum Gasteiger partial charge on any atom is -0.308 e. The van der Waals surface area contributed by atoms with Crippen LogP contribution in [0.1, 0.15) is 0 Å². The lowest BCUT2D eigenvalue weighted by molar-refractivity contribution is -0.113. The van der Waals surface area contributed by atoms with Crippen LogP contribution in [0.5, 0.6) is 0 Å². The highest BCUT2D eigenvalue weighted by atomic mass is 35.5. The zero-order valence-corrected chi connectivity index (χ0v) is 20.7. The maximum absolute atomic E-state index is 12.3. The van der Waals surface area contributed by atoms with Crippen molar-refractivity contribution < 1.29 is 9.59 Å². The molecule has 6 nitrogen and oxygen atoms in total. The van der Waals surface area contributed by atoms with Crippen molar-refractivity contribution in [1.82, 2.24) is 4.98 Å². The second-order valence-corrected chi connectivity index (χ2v) is 9.69. The molecule has 3 N–H and O–H groups in total. The maximum atomic E-state index is 12.3. The fraction of sp³-hybridized carbons (Fsp3) is 0.0417. The van der Waals surface area contributed by atoms with E-state index in [1.54, 1.807) is 24.3 Å². The van der Waals surface area contributed by atoms with E-state index in [1.165, 1.54) is 23.1 Å². The first-order chi connectivity index (χ1) is 16.5. The molecular weight excluding hydrogens is 511 g/mol. The molecule has 4 aromatic rings. The minimum atomic E-state index is -0.324. The molecule has 172 valence electrons. The first-order valence-electron chi connectivity index (χ1n) is 10.0. The van der Waals surface area contributed by atoms with E-state index in [9.17, 15) is 9.59 Å². The molecule has 0 fully saturated rings. The Morgan fingerprint density at radius 1 is 0.853 bits per heavy atom. The second-order valence-electron chi connectivity index (χ2n) is 6.97. The predicted octanol–water partition coefficient (Wildman–Crippen LogP) is 7.49. The first-order valence-corrected chi connectivity index (χ1v) is 12.6. The summed E-state index contributed by atoms with van der Waals surface area (Å²) in [6.07, 6.45) is 0. The molecule has 0 aliphatic carbocycles. The lowest BCUT2D eigenvalue weighted by atomic mass is 10.2. The van der Waals surface area contributed by atoms with Gasteiger partial charge >= 0.3 is 6.03 Å². The summed E-state index contributed by atoms with van der Waals surface area (Å²) in [5.74, 6) is 0.0626. The highest BCUT2D eigenvalue weighted by Crippen LogP contribution is 2.30. The number of thioether (sulfide) groups is 1. The van der Waals surface area contributed by atoms with Crippen LogP contribution < -0.4 is 16.0 Å². The number of nitrogens with one attached hydrogen (secondary N) is 3. The van der Waals surface area contributed by atoms with Gasteiger partial charge in [-0.1, -0.05) is 47.5 Å². The summed E-state index contributed by atoms with van der Waals surface area (Å²) in [4.78, 5) is 29.8. The van der Waals surface area contributed by atoms with E-state index in [4.69, 9.17) is 23.2 Å². The Morgan fingerprint density at radius 3 is 2.26 bits per heavy atom. The number of nitrogens with zero attached hydrogens (tertiary/aromatic N) is 1. The summed E-state index contributed by atoms with van der Waals surface area (Å²) in [6.45, 7) is 0. The van der Waals surface area contributed by atoms with Gasteiger partial charge in [0.15, 0.2) is 5.13 Å². The number of carbonyl (C=O) groups excluding carboxylic acids is 2. The molecule has 0 saturated carbocycles. The smallest absolute Gasteiger partial charge is 0.308 e. The normalized spacial score (nSPS) is 10.5. The Morgan fingerprint density at radius 2 is 1.56 bits per heavy atom. The van der Waals surface area contributed by atoms with Crippen LogP contribution in [0.15, 0.2) is 83.1 Å². The number of rotatable bonds is 7. The highest BCUT2D eigenvalue weighted by Gasteiger charge is 2.10. The second kappa shape index (κ2) is 11.4.